The minimum absolute atomic E-state index is 0.0139. The lowest BCUT2D eigenvalue weighted by atomic mass is 9.97. The van der Waals surface area contributed by atoms with Gasteiger partial charge in [0.15, 0.2) is 0 Å². The molecule has 23 heavy (non-hydrogen) atoms. The molecule has 2 aliphatic rings. The van der Waals surface area contributed by atoms with Gasteiger partial charge in [0.05, 0.1) is 5.92 Å². The van der Waals surface area contributed by atoms with E-state index in [4.69, 9.17) is 0 Å². The third-order valence-corrected chi connectivity index (χ3v) is 4.78. The highest BCUT2D eigenvalue weighted by atomic mass is 19.1. The number of hydrogen-bond donors (Lipinski definition) is 0. The number of amides is 2. The van der Waals surface area contributed by atoms with Crippen LogP contribution in [0.5, 0.6) is 0 Å². The number of nitrogens with zero attached hydrogens (tertiary/aromatic N) is 2. The van der Waals surface area contributed by atoms with Crippen LogP contribution in [-0.2, 0) is 22.6 Å². The number of carbonyl (C=O) groups is 2. The van der Waals surface area contributed by atoms with Crippen molar-refractivity contribution < 1.29 is 14.0 Å². The fraction of sp³-hybridized carbons (Fsp3) is 0.556. The molecule has 1 saturated heterocycles. The summed E-state index contributed by atoms with van der Waals surface area (Å²) in [7, 11) is 0. The van der Waals surface area contributed by atoms with Gasteiger partial charge in [-0.15, -0.1) is 0 Å². The van der Waals surface area contributed by atoms with E-state index in [1.807, 2.05) is 20.8 Å². The van der Waals surface area contributed by atoms with E-state index >= 15 is 0 Å². The molecular weight excluding hydrogens is 295 g/mol. The molecule has 1 aromatic rings. The third kappa shape index (κ3) is 3.09. The monoisotopic (exact) mass is 318 g/mol. The minimum Gasteiger partial charge on any atom is -0.338 e. The van der Waals surface area contributed by atoms with Gasteiger partial charge in [-0.25, -0.2) is 4.39 Å². The predicted octanol–water partition coefficient (Wildman–Crippen LogP) is 2.36. The molecule has 1 aromatic carbocycles. The quantitative estimate of drug-likeness (QED) is 0.797. The van der Waals surface area contributed by atoms with Crippen molar-refractivity contribution in [3.63, 3.8) is 0 Å². The van der Waals surface area contributed by atoms with Gasteiger partial charge in [-0.05, 0) is 50.5 Å². The van der Waals surface area contributed by atoms with Gasteiger partial charge in [-0.2, -0.15) is 0 Å². The van der Waals surface area contributed by atoms with E-state index in [0.717, 1.165) is 17.5 Å². The molecule has 2 aliphatic heterocycles. The minimum atomic E-state index is -0.281. The van der Waals surface area contributed by atoms with E-state index in [1.54, 1.807) is 15.9 Å². The number of halogens is 1. The topological polar surface area (TPSA) is 40.6 Å². The molecule has 0 radical (unpaired) electrons. The van der Waals surface area contributed by atoms with Gasteiger partial charge in [-0.1, -0.05) is 6.07 Å². The Morgan fingerprint density at radius 1 is 1.26 bits per heavy atom. The highest BCUT2D eigenvalue weighted by Crippen LogP contribution is 2.29. The Balaban J connectivity index is 1.72. The van der Waals surface area contributed by atoms with Gasteiger partial charge >= 0.3 is 0 Å². The predicted molar refractivity (Wildman–Crippen MR) is 85.1 cm³/mol. The summed E-state index contributed by atoms with van der Waals surface area (Å²) >= 11 is 0. The van der Waals surface area contributed by atoms with E-state index in [2.05, 4.69) is 0 Å². The molecule has 0 saturated carbocycles. The summed E-state index contributed by atoms with van der Waals surface area (Å²) in [5, 5.41) is 0. The molecule has 5 heteroatoms. The van der Waals surface area contributed by atoms with Crippen molar-refractivity contribution in [2.24, 2.45) is 5.92 Å². The van der Waals surface area contributed by atoms with E-state index < -0.39 is 0 Å². The molecule has 124 valence electrons. The van der Waals surface area contributed by atoms with Gasteiger partial charge in [0.2, 0.25) is 11.8 Å². The maximum atomic E-state index is 13.4. The van der Waals surface area contributed by atoms with Crippen molar-refractivity contribution in [2.45, 2.75) is 45.7 Å². The fourth-order valence-electron chi connectivity index (χ4n) is 3.49. The lowest BCUT2D eigenvalue weighted by Gasteiger charge is -2.33. The zero-order valence-corrected chi connectivity index (χ0v) is 13.9. The average molecular weight is 318 g/mol. The molecule has 4 nitrogen and oxygen atoms in total. The molecule has 3 rings (SSSR count). The summed E-state index contributed by atoms with van der Waals surface area (Å²) in [6.45, 7) is 7.50. The number of fused-ring (bicyclic) bond motifs is 1. The van der Waals surface area contributed by atoms with Crippen molar-refractivity contribution in [1.29, 1.82) is 0 Å². The number of hydrogen-bond acceptors (Lipinski definition) is 2. The maximum Gasteiger partial charge on any atom is 0.228 e. The summed E-state index contributed by atoms with van der Waals surface area (Å²) in [6.07, 6.45) is 1.02. The number of likely N-dealkylation sites (tertiary alicyclic amines) is 1. The van der Waals surface area contributed by atoms with Crippen molar-refractivity contribution in [2.75, 3.05) is 13.1 Å². The van der Waals surface area contributed by atoms with E-state index in [1.165, 1.54) is 12.1 Å². The van der Waals surface area contributed by atoms with Crippen LogP contribution in [0.1, 0.15) is 38.3 Å². The molecule has 1 atom stereocenters. The molecule has 0 aromatic heterocycles. The molecule has 0 bridgehead atoms. The zero-order valence-electron chi connectivity index (χ0n) is 13.9. The highest BCUT2D eigenvalue weighted by Gasteiger charge is 2.41. The Labute approximate surface area is 136 Å². The van der Waals surface area contributed by atoms with Gasteiger partial charge in [0.25, 0.3) is 0 Å². The summed E-state index contributed by atoms with van der Waals surface area (Å²) in [6, 6.07) is 4.77. The van der Waals surface area contributed by atoms with Crippen molar-refractivity contribution in [1.82, 2.24) is 9.80 Å². The Morgan fingerprint density at radius 3 is 2.65 bits per heavy atom. The SMILES string of the molecule is CC(C)(C)N1CC(C(=O)N2CCc3ccc(F)cc3C2)CC1=O. The van der Waals surface area contributed by atoms with Crippen molar-refractivity contribution in [3.8, 4) is 0 Å². The molecule has 0 aliphatic carbocycles. The Bertz CT molecular complexity index is 651. The maximum absolute atomic E-state index is 13.4. The number of rotatable bonds is 1. The van der Waals surface area contributed by atoms with Crippen LogP contribution in [0.3, 0.4) is 0 Å². The molecule has 2 amide bonds. The Morgan fingerprint density at radius 2 is 2.00 bits per heavy atom. The van der Waals surface area contributed by atoms with Gasteiger partial charge in [-0.3, -0.25) is 9.59 Å². The summed E-state index contributed by atoms with van der Waals surface area (Å²) in [5.74, 6) is -0.496. The fourth-order valence-corrected chi connectivity index (χ4v) is 3.49. The molecular formula is C18H23FN2O2. The van der Waals surface area contributed by atoms with E-state index in [0.29, 0.717) is 19.6 Å². The van der Waals surface area contributed by atoms with Crippen LogP contribution in [0.25, 0.3) is 0 Å². The van der Waals surface area contributed by atoms with Gasteiger partial charge < -0.3 is 9.80 Å². The third-order valence-electron chi connectivity index (χ3n) is 4.78. The van der Waals surface area contributed by atoms with Crippen LogP contribution in [0.4, 0.5) is 4.39 Å². The molecule has 2 heterocycles. The van der Waals surface area contributed by atoms with Crippen LogP contribution in [0, 0.1) is 11.7 Å². The van der Waals surface area contributed by atoms with Crippen LogP contribution >= 0.6 is 0 Å². The first-order valence-electron chi connectivity index (χ1n) is 8.12. The second kappa shape index (κ2) is 5.62. The van der Waals surface area contributed by atoms with Gasteiger partial charge in [0, 0.05) is 31.6 Å². The molecule has 1 unspecified atom stereocenters. The number of benzene rings is 1. The van der Waals surface area contributed by atoms with Crippen molar-refractivity contribution >= 4 is 11.8 Å². The van der Waals surface area contributed by atoms with Crippen LogP contribution in [0.2, 0.25) is 0 Å². The molecule has 0 spiro atoms. The Kier molecular flexibility index (Phi) is 3.90. The largest absolute Gasteiger partial charge is 0.338 e. The van der Waals surface area contributed by atoms with E-state index in [-0.39, 0.29) is 35.5 Å². The molecule has 1 fully saturated rings. The summed E-state index contributed by atoms with van der Waals surface area (Å²) in [5.41, 5.74) is 1.72. The number of carbonyl (C=O) groups excluding carboxylic acids is 2. The Hall–Kier alpha value is -1.91. The highest BCUT2D eigenvalue weighted by molar-refractivity contribution is 5.89. The second-order valence-electron chi connectivity index (χ2n) is 7.50. The van der Waals surface area contributed by atoms with Crippen molar-refractivity contribution in [3.05, 3.63) is 35.1 Å². The van der Waals surface area contributed by atoms with Gasteiger partial charge in [0.1, 0.15) is 5.82 Å². The average Bonchev–Trinajstić information content (AvgIpc) is 2.87. The normalized spacial score (nSPS) is 21.6. The first-order chi connectivity index (χ1) is 10.8. The molecule has 0 N–H and O–H groups in total. The smallest absolute Gasteiger partial charge is 0.228 e. The van der Waals surface area contributed by atoms with Crippen LogP contribution < -0.4 is 0 Å². The summed E-state index contributed by atoms with van der Waals surface area (Å²) in [4.78, 5) is 28.5. The van der Waals surface area contributed by atoms with Crippen LogP contribution in [0.15, 0.2) is 18.2 Å². The first kappa shape index (κ1) is 16.0. The second-order valence-corrected chi connectivity index (χ2v) is 7.50. The lowest BCUT2D eigenvalue weighted by Crippen LogP contribution is -2.44. The standard InChI is InChI=1S/C18H23FN2O2/c1-18(2,3)21-11-14(9-16(21)22)17(23)20-7-6-12-4-5-15(19)8-13(12)10-20/h4-5,8,14H,6-7,9-11H2,1-3H3. The zero-order chi connectivity index (χ0) is 16.8. The lowest BCUT2D eigenvalue weighted by molar-refractivity contribution is -0.136. The first-order valence-corrected chi connectivity index (χ1v) is 8.12. The van der Waals surface area contributed by atoms with Crippen LogP contribution in [-0.4, -0.2) is 40.2 Å². The summed E-state index contributed by atoms with van der Waals surface area (Å²) < 4.78 is 13.4. The van der Waals surface area contributed by atoms with E-state index in [9.17, 15) is 14.0 Å².